The van der Waals surface area contributed by atoms with Gasteiger partial charge < -0.3 is 15.2 Å². The van der Waals surface area contributed by atoms with E-state index in [0.717, 1.165) is 12.8 Å². The van der Waals surface area contributed by atoms with Crippen molar-refractivity contribution in [3.8, 4) is 0 Å². The number of ether oxygens (including phenoxy) is 1. The summed E-state index contributed by atoms with van der Waals surface area (Å²) in [6.45, 7) is 7.79. The van der Waals surface area contributed by atoms with Crippen molar-refractivity contribution in [3.63, 3.8) is 0 Å². The number of hydrogen-bond acceptors (Lipinski definition) is 3. The first-order chi connectivity index (χ1) is 8.10. The SMILES string of the molecule is C=C/C(NCC1=CCC1)=C(/OC)C(=C)C(=O)O. The Morgan fingerprint density at radius 2 is 2.35 bits per heavy atom. The molecule has 0 unspecified atom stereocenters. The lowest BCUT2D eigenvalue weighted by atomic mass is 9.99. The van der Waals surface area contributed by atoms with E-state index in [0.29, 0.717) is 12.2 Å². The van der Waals surface area contributed by atoms with E-state index in [9.17, 15) is 4.79 Å². The molecule has 1 aliphatic carbocycles. The second-order valence-corrected chi connectivity index (χ2v) is 3.69. The fourth-order valence-electron chi connectivity index (χ4n) is 1.46. The number of hydrogen-bond donors (Lipinski definition) is 2. The summed E-state index contributed by atoms with van der Waals surface area (Å²) in [7, 11) is 1.41. The Labute approximate surface area is 101 Å². The number of allylic oxidation sites excluding steroid dienone is 2. The van der Waals surface area contributed by atoms with Crippen LogP contribution in [0.1, 0.15) is 12.8 Å². The molecule has 0 aromatic carbocycles. The summed E-state index contributed by atoms with van der Waals surface area (Å²) in [4.78, 5) is 10.8. The zero-order valence-corrected chi connectivity index (χ0v) is 9.95. The Balaban J connectivity index is 2.80. The molecule has 92 valence electrons. The van der Waals surface area contributed by atoms with Gasteiger partial charge in [0.1, 0.15) is 0 Å². The highest BCUT2D eigenvalue weighted by Crippen LogP contribution is 2.18. The van der Waals surface area contributed by atoms with Gasteiger partial charge >= 0.3 is 5.97 Å². The average Bonchev–Trinajstić information content (AvgIpc) is 2.25. The van der Waals surface area contributed by atoms with Crippen molar-refractivity contribution in [2.75, 3.05) is 13.7 Å². The van der Waals surface area contributed by atoms with Crippen LogP contribution < -0.4 is 5.32 Å². The van der Waals surface area contributed by atoms with E-state index in [1.165, 1.54) is 18.8 Å². The van der Waals surface area contributed by atoms with Gasteiger partial charge in [-0.2, -0.15) is 0 Å². The number of aliphatic carboxylic acids is 1. The molecule has 0 spiro atoms. The Morgan fingerprint density at radius 3 is 2.71 bits per heavy atom. The molecule has 1 aliphatic rings. The van der Waals surface area contributed by atoms with Gasteiger partial charge in [0.05, 0.1) is 18.4 Å². The minimum Gasteiger partial charge on any atom is -0.494 e. The Kier molecular flexibility index (Phi) is 4.57. The maximum absolute atomic E-state index is 10.8. The monoisotopic (exact) mass is 235 g/mol. The molecule has 1 rings (SSSR count). The first-order valence-corrected chi connectivity index (χ1v) is 5.35. The second kappa shape index (κ2) is 5.94. The van der Waals surface area contributed by atoms with Crippen LogP contribution in [0.2, 0.25) is 0 Å². The number of carbonyl (C=O) groups is 1. The van der Waals surface area contributed by atoms with Crippen LogP contribution in [-0.2, 0) is 9.53 Å². The van der Waals surface area contributed by atoms with Crippen LogP contribution in [0.25, 0.3) is 0 Å². The first-order valence-electron chi connectivity index (χ1n) is 5.35. The highest BCUT2D eigenvalue weighted by atomic mass is 16.5. The van der Waals surface area contributed by atoms with Gasteiger partial charge in [-0.1, -0.05) is 24.8 Å². The summed E-state index contributed by atoms with van der Waals surface area (Å²) in [6.07, 6.45) is 5.88. The van der Waals surface area contributed by atoms with Crippen molar-refractivity contribution < 1.29 is 14.6 Å². The third-order valence-corrected chi connectivity index (χ3v) is 2.59. The van der Waals surface area contributed by atoms with Crippen LogP contribution in [0.4, 0.5) is 0 Å². The second-order valence-electron chi connectivity index (χ2n) is 3.69. The fraction of sp³-hybridized carbons (Fsp3) is 0.308. The summed E-state index contributed by atoms with van der Waals surface area (Å²) in [5.41, 5.74) is 1.77. The average molecular weight is 235 g/mol. The van der Waals surface area contributed by atoms with Crippen LogP contribution in [0.5, 0.6) is 0 Å². The Bertz CT molecular complexity index is 405. The van der Waals surface area contributed by atoms with Crippen LogP contribution in [0.15, 0.2) is 47.9 Å². The van der Waals surface area contributed by atoms with Gasteiger partial charge in [0.25, 0.3) is 0 Å². The first kappa shape index (κ1) is 13.1. The normalized spacial score (nSPS) is 15.0. The maximum Gasteiger partial charge on any atom is 0.338 e. The van der Waals surface area contributed by atoms with Crippen LogP contribution in [0, 0.1) is 0 Å². The molecule has 0 radical (unpaired) electrons. The zero-order chi connectivity index (χ0) is 12.8. The van der Waals surface area contributed by atoms with Gasteiger partial charge in [0, 0.05) is 6.54 Å². The number of nitrogens with one attached hydrogen (secondary N) is 1. The van der Waals surface area contributed by atoms with E-state index in [1.807, 2.05) is 0 Å². The topological polar surface area (TPSA) is 58.6 Å². The van der Waals surface area contributed by atoms with E-state index in [1.54, 1.807) is 0 Å². The molecule has 17 heavy (non-hydrogen) atoms. The summed E-state index contributed by atoms with van der Waals surface area (Å²) in [5, 5.41) is 12.0. The highest BCUT2D eigenvalue weighted by Gasteiger charge is 2.15. The van der Waals surface area contributed by atoms with E-state index in [2.05, 4.69) is 24.6 Å². The van der Waals surface area contributed by atoms with Crippen molar-refractivity contribution in [1.29, 1.82) is 0 Å². The predicted octanol–water partition coefficient (Wildman–Crippen LogP) is 1.98. The minimum absolute atomic E-state index is 0.0857. The van der Waals surface area contributed by atoms with Gasteiger partial charge in [-0.3, -0.25) is 0 Å². The number of methoxy groups -OCH3 is 1. The molecule has 0 atom stereocenters. The molecule has 2 N–H and O–H groups in total. The molecule has 0 aromatic heterocycles. The van der Waals surface area contributed by atoms with Crippen LogP contribution in [0.3, 0.4) is 0 Å². The predicted molar refractivity (Wildman–Crippen MR) is 66.3 cm³/mol. The zero-order valence-electron chi connectivity index (χ0n) is 9.95. The summed E-state index contributed by atoms with van der Waals surface area (Å²) < 4.78 is 5.06. The molecule has 0 aliphatic heterocycles. The number of rotatable bonds is 7. The molecular weight excluding hydrogens is 218 g/mol. The molecule has 0 amide bonds. The molecular formula is C13H17NO3. The van der Waals surface area contributed by atoms with Crippen molar-refractivity contribution in [3.05, 3.63) is 47.9 Å². The van der Waals surface area contributed by atoms with Crippen molar-refractivity contribution in [2.45, 2.75) is 12.8 Å². The lowest BCUT2D eigenvalue weighted by Crippen LogP contribution is -2.21. The Hall–Kier alpha value is -1.97. The lowest BCUT2D eigenvalue weighted by Gasteiger charge is -2.18. The summed E-state index contributed by atoms with van der Waals surface area (Å²) in [5.74, 6) is -0.890. The molecule has 0 fully saturated rings. The molecule has 0 saturated carbocycles. The molecule has 4 nitrogen and oxygen atoms in total. The standard InChI is InChI=1S/C13H17NO3/c1-4-11(14-8-10-6-5-7-10)12(17-3)9(2)13(15)16/h4,6,14H,1-2,5,7-8H2,3H3,(H,15,16)/b12-11-. The van der Waals surface area contributed by atoms with E-state index >= 15 is 0 Å². The fourth-order valence-corrected chi connectivity index (χ4v) is 1.46. The summed E-state index contributed by atoms with van der Waals surface area (Å²) >= 11 is 0. The maximum atomic E-state index is 10.8. The third-order valence-electron chi connectivity index (χ3n) is 2.59. The van der Waals surface area contributed by atoms with Gasteiger partial charge in [0.2, 0.25) is 0 Å². The van der Waals surface area contributed by atoms with Gasteiger partial charge in [-0.25, -0.2) is 4.79 Å². The Morgan fingerprint density at radius 1 is 1.71 bits per heavy atom. The van der Waals surface area contributed by atoms with Crippen molar-refractivity contribution >= 4 is 5.97 Å². The molecule has 0 bridgehead atoms. The third kappa shape index (κ3) is 3.24. The minimum atomic E-state index is -1.11. The molecule has 4 heteroatoms. The van der Waals surface area contributed by atoms with Crippen molar-refractivity contribution in [2.24, 2.45) is 0 Å². The smallest absolute Gasteiger partial charge is 0.338 e. The van der Waals surface area contributed by atoms with Crippen LogP contribution >= 0.6 is 0 Å². The lowest BCUT2D eigenvalue weighted by molar-refractivity contribution is -0.132. The van der Waals surface area contributed by atoms with E-state index in [4.69, 9.17) is 9.84 Å². The van der Waals surface area contributed by atoms with Gasteiger partial charge in [0.15, 0.2) is 5.76 Å². The van der Waals surface area contributed by atoms with Crippen molar-refractivity contribution in [1.82, 2.24) is 5.32 Å². The van der Waals surface area contributed by atoms with Crippen LogP contribution in [-0.4, -0.2) is 24.7 Å². The largest absolute Gasteiger partial charge is 0.494 e. The molecule has 0 saturated heterocycles. The van der Waals surface area contributed by atoms with E-state index < -0.39 is 5.97 Å². The van der Waals surface area contributed by atoms with Gasteiger partial charge in [-0.15, -0.1) is 0 Å². The van der Waals surface area contributed by atoms with E-state index in [-0.39, 0.29) is 11.3 Å². The highest BCUT2D eigenvalue weighted by molar-refractivity contribution is 5.90. The number of carboxylic acids is 1. The summed E-state index contributed by atoms with van der Waals surface area (Å²) in [6, 6.07) is 0. The number of carboxylic acid groups (broad SMARTS) is 1. The quantitative estimate of drug-likeness (QED) is 0.306. The molecule has 0 aromatic rings. The molecule has 0 heterocycles. The van der Waals surface area contributed by atoms with Gasteiger partial charge in [-0.05, 0) is 18.9 Å².